The number of carboxylic acid groups (broad SMARTS) is 1. The van der Waals surface area contributed by atoms with Crippen LogP contribution >= 0.6 is 0 Å². The van der Waals surface area contributed by atoms with E-state index < -0.39 is 5.97 Å². The summed E-state index contributed by atoms with van der Waals surface area (Å²) in [6.45, 7) is 0. The van der Waals surface area contributed by atoms with Gasteiger partial charge in [-0.05, 0) is 24.3 Å². The highest BCUT2D eigenvalue weighted by molar-refractivity contribution is 6.12. The van der Waals surface area contributed by atoms with E-state index in [1.807, 2.05) is 24.3 Å². The summed E-state index contributed by atoms with van der Waals surface area (Å²) in [6, 6.07) is 17.2. The molecule has 0 aliphatic rings. The number of carbonyl (C=O) groups is 1. The fraction of sp³-hybridized carbons (Fsp3) is 0. The monoisotopic (exact) mass is 250 g/mol. The molecule has 0 saturated carbocycles. The lowest BCUT2D eigenvalue weighted by atomic mass is 10.1. The molecule has 92 valence electrons. The molecule has 0 heterocycles. The number of aliphatic imine (C=N–C) groups is 1. The summed E-state index contributed by atoms with van der Waals surface area (Å²) in [6.07, 6.45) is 0. The van der Waals surface area contributed by atoms with Gasteiger partial charge >= 0.3 is 5.97 Å². The molecule has 0 aromatic heterocycles. The Labute approximate surface area is 110 Å². The summed E-state index contributed by atoms with van der Waals surface area (Å²) < 4.78 is 0. The molecule has 0 unspecified atom stereocenters. The van der Waals surface area contributed by atoms with Crippen molar-refractivity contribution in [2.24, 2.45) is 4.99 Å². The van der Waals surface area contributed by atoms with E-state index in [1.54, 1.807) is 24.3 Å². The Hall–Kier alpha value is -2.93. The van der Waals surface area contributed by atoms with Gasteiger partial charge in [0.15, 0.2) is 0 Å². The molecule has 2 rings (SSSR count). The van der Waals surface area contributed by atoms with Crippen LogP contribution in [0.4, 0.5) is 5.69 Å². The van der Waals surface area contributed by atoms with Crippen LogP contribution in [-0.4, -0.2) is 16.8 Å². The highest BCUT2D eigenvalue weighted by atomic mass is 16.4. The summed E-state index contributed by atoms with van der Waals surface area (Å²) >= 11 is 0. The number of benzene rings is 2. The van der Waals surface area contributed by atoms with Crippen LogP contribution in [0.2, 0.25) is 0 Å². The molecular formula is C15H10N2O2. The normalized spacial score (nSPS) is 10.8. The zero-order chi connectivity index (χ0) is 13.7. The third-order valence-corrected chi connectivity index (χ3v) is 2.51. The van der Waals surface area contributed by atoms with E-state index in [0.717, 1.165) is 5.56 Å². The second-order valence-electron chi connectivity index (χ2n) is 3.79. The van der Waals surface area contributed by atoms with Gasteiger partial charge in [-0.2, -0.15) is 5.26 Å². The van der Waals surface area contributed by atoms with Crippen molar-refractivity contribution >= 4 is 17.4 Å². The quantitative estimate of drug-likeness (QED) is 0.851. The molecule has 0 fully saturated rings. The lowest BCUT2D eigenvalue weighted by Crippen LogP contribution is -1.96. The average Bonchev–Trinajstić information content (AvgIpc) is 2.46. The minimum Gasteiger partial charge on any atom is -0.478 e. The van der Waals surface area contributed by atoms with E-state index in [1.165, 1.54) is 12.1 Å². The van der Waals surface area contributed by atoms with E-state index in [9.17, 15) is 4.79 Å². The van der Waals surface area contributed by atoms with Crippen LogP contribution in [-0.2, 0) is 0 Å². The highest BCUT2D eigenvalue weighted by Crippen LogP contribution is 2.15. The molecule has 0 saturated heterocycles. The first kappa shape index (κ1) is 12.5. The Morgan fingerprint density at radius 3 is 2.16 bits per heavy atom. The molecule has 2 aromatic rings. The van der Waals surface area contributed by atoms with Crippen molar-refractivity contribution in [2.45, 2.75) is 0 Å². The third kappa shape index (κ3) is 3.05. The Balaban J connectivity index is 2.34. The molecular weight excluding hydrogens is 240 g/mol. The van der Waals surface area contributed by atoms with Gasteiger partial charge in [0.25, 0.3) is 0 Å². The minimum atomic E-state index is -0.987. The van der Waals surface area contributed by atoms with E-state index >= 15 is 0 Å². The van der Waals surface area contributed by atoms with Crippen LogP contribution in [0.5, 0.6) is 0 Å². The number of nitrogens with zero attached hydrogens (tertiary/aromatic N) is 2. The van der Waals surface area contributed by atoms with Crippen molar-refractivity contribution in [2.75, 3.05) is 0 Å². The predicted octanol–water partition coefficient (Wildman–Crippen LogP) is 3.03. The Morgan fingerprint density at radius 2 is 1.63 bits per heavy atom. The molecule has 4 nitrogen and oxygen atoms in total. The maximum Gasteiger partial charge on any atom is 0.335 e. The van der Waals surface area contributed by atoms with Gasteiger partial charge < -0.3 is 5.11 Å². The van der Waals surface area contributed by atoms with Gasteiger partial charge in [-0.25, -0.2) is 9.79 Å². The number of rotatable bonds is 3. The first-order chi connectivity index (χ1) is 9.20. The second-order valence-corrected chi connectivity index (χ2v) is 3.79. The maximum absolute atomic E-state index is 10.7. The number of nitriles is 1. The SMILES string of the molecule is N#C/C(=N/c1ccc(C(=O)O)cc1)c1ccccc1. The highest BCUT2D eigenvalue weighted by Gasteiger charge is 2.04. The second kappa shape index (κ2) is 5.61. The van der Waals surface area contributed by atoms with Crippen LogP contribution in [0.25, 0.3) is 0 Å². The summed E-state index contributed by atoms with van der Waals surface area (Å²) in [5.41, 5.74) is 1.76. The van der Waals surface area contributed by atoms with Gasteiger partial charge in [0.1, 0.15) is 11.8 Å². The molecule has 1 N–H and O–H groups in total. The Kier molecular flexibility index (Phi) is 3.70. The molecule has 0 aliphatic carbocycles. The van der Waals surface area contributed by atoms with Crippen LogP contribution in [0.15, 0.2) is 59.6 Å². The predicted molar refractivity (Wildman–Crippen MR) is 71.7 cm³/mol. The van der Waals surface area contributed by atoms with Crippen LogP contribution < -0.4 is 0 Å². The summed E-state index contributed by atoms with van der Waals surface area (Å²) in [5, 5.41) is 17.9. The van der Waals surface area contributed by atoms with Crippen molar-refractivity contribution in [3.63, 3.8) is 0 Å². The van der Waals surface area contributed by atoms with E-state index in [-0.39, 0.29) is 5.56 Å². The van der Waals surface area contributed by atoms with Gasteiger partial charge in [0, 0.05) is 5.56 Å². The van der Waals surface area contributed by atoms with Crippen molar-refractivity contribution < 1.29 is 9.90 Å². The topological polar surface area (TPSA) is 73.5 Å². The maximum atomic E-state index is 10.7. The Morgan fingerprint density at radius 1 is 1.00 bits per heavy atom. The van der Waals surface area contributed by atoms with Gasteiger partial charge in [-0.1, -0.05) is 30.3 Å². The number of aromatic carboxylic acids is 1. The van der Waals surface area contributed by atoms with Gasteiger partial charge in [-0.3, -0.25) is 0 Å². The molecule has 0 spiro atoms. The molecule has 0 aliphatic heterocycles. The van der Waals surface area contributed by atoms with Gasteiger partial charge in [-0.15, -0.1) is 0 Å². The first-order valence-corrected chi connectivity index (χ1v) is 5.58. The summed E-state index contributed by atoms with van der Waals surface area (Å²) in [5.74, 6) is -0.987. The van der Waals surface area contributed by atoms with Gasteiger partial charge in [0.2, 0.25) is 0 Å². The fourth-order valence-corrected chi connectivity index (χ4v) is 1.56. The summed E-state index contributed by atoms with van der Waals surface area (Å²) in [4.78, 5) is 14.9. The zero-order valence-corrected chi connectivity index (χ0v) is 9.95. The number of carboxylic acids is 1. The van der Waals surface area contributed by atoms with E-state index in [4.69, 9.17) is 10.4 Å². The Bertz CT molecular complexity index is 653. The van der Waals surface area contributed by atoms with Gasteiger partial charge in [0.05, 0.1) is 11.3 Å². The van der Waals surface area contributed by atoms with Crippen LogP contribution in [0.1, 0.15) is 15.9 Å². The lowest BCUT2D eigenvalue weighted by Gasteiger charge is -1.99. The minimum absolute atomic E-state index is 0.192. The largest absolute Gasteiger partial charge is 0.478 e. The average molecular weight is 250 g/mol. The molecule has 0 radical (unpaired) electrons. The van der Waals surface area contributed by atoms with E-state index in [0.29, 0.717) is 11.4 Å². The lowest BCUT2D eigenvalue weighted by molar-refractivity contribution is 0.0697. The third-order valence-electron chi connectivity index (χ3n) is 2.51. The summed E-state index contributed by atoms with van der Waals surface area (Å²) in [7, 11) is 0. The van der Waals surface area contributed by atoms with Crippen LogP contribution in [0, 0.1) is 11.3 Å². The van der Waals surface area contributed by atoms with Crippen molar-refractivity contribution in [3.05, 3.63) is 65.7 Å². The fourth-order valence-electron chi connectivity index (χ4n) is 1.56. The van der Waals surface area contributed by atoms with Crippen LogP contribution in [0.3, 0.4) is 0 Å². The molecule has 19 heavy (non-hydrogen) atoms. The van der Waals surface area contributed by atoms with Crippen molar-refractivity contribution in [3.8, 4) is 6.07 Å². The smallest absolute Gasteiger partial charge is 0.335 e. The zero-order valence-electron chi connectivity index (χ0n) is 9.95. The van der Waals surface area contributed by atoms with Crippen molar-refractivity contribution in [1.82, 2.24) is 0 Å². The standard InChI is InChI=1S/C15H10N2O2/c16-10-14(11-4-2-1-3-5-11)17-13-8-6-12(7-9-13)15(18)19/h1-9H,(H,18,19)/b17-14-. The number of hydrogen-bond donors (Lipinski definition) is 1. The molecule has 0 bridgehead atoms. The molecule has 4 heteroatoms. The number of hydrogen-bond acceptors (Lipinski definition) is 3. The molecule has 0 atom stereocenters. The molecule has 2 aromatic carbocycles. The van der Waals surface area contributed by atoms with E-state index in [2.05, 4.69) is 4.99 Å². The molecule has 0 amide bonds. The first-order valence-electron chi connectivity index (χ1n) is 5.58. The van der Waals surface area contributed by atoms with Crippen molar-refractivity contribution in [1.29, 1.82) is 5.26 Å².